The van der Waals surface area contributed by atoms with E-state index in [1.807, 2.05) is 13.0 Å². The molecule has 0 radical (unpaired) electrons. The summed E-state index contributed by atoms with van der Waals surface area (Å²) in [5.41, 5.74) is 1.45. The lowest BCUT2D eigenvalue weighted by Gasteiger charge is -2.25. The number of carbonyl (C=O) groups excluding carboxylic acids is 1. The van der Waals surface area contributed by atoms with Crippen molar-refractivity contribution in [3.8, 4) is 0 Å². The smallest absolute Gasteiger partial charge is 0.270 e. The van der Waals surface area contributed by atoms with E-state index in [1.165, 1.54) is 23.8 Å². The highest BCUT2D eigenvalue weighted by atomic mass is 35.5. The van der Waals surface area contributed by atoms with Crippen LogP contribution in [-0.4, -0.2) is 28.8 Å². The summed E-state index contributed by atoms with van der Waals surface area (Å²) >= 11 is 5.95. The molecule has 5 nitrogen and oxygen atoms in total. The molecule has 0 saturated carbocycles. The van der Waals surface area contributed by atoms with Gasteiger partial charge < -0.3 is 4.90 Å². The summed E-state index contributed by atoms with van der Waals surface area (Å²) in [6.07, 6.45) is 2.84. The van der Waals surface area contributed by atoms with Gasteiger partial charge in [-0.2, -0.15) is 0 Å². The molecule has 0 spiro atoms. The van der Waals surface area contributed by atoms with Gasteiger partial charge in [0.25, 0.3) is 11.6 Å². The molecule has 0 aromatic heterocycles. The Bertz CT molecular complexity index is 569. The van der Waals surface area contributed by atoms with Gasteiger partial charge in [0.05, 0.1) is 15.5 Å². The average molecular weight is 281 g/mol. The predicted molar refractivity (Wildman–Crippen MR) is 72.4 cm³/mol. The molecule has 1 aliphatic heterocycles. The van der Waals surface area contributed by atoms with Crippen LogP contribution in [0.4, 0.5) is 5.69 Å². The topological polar surface area (TPSA) is 63.5 Å². The summed E-state index contributed by atoms with van der Waals surface area (Å²) in [6, 6.07) is 3.91. The van der Waals surface area contributed by atoms with Crippen LogP contribution in [0.3, 0.4) is 0 Å². The summed E-state index contributed by atoms with van der Waals surface area (Å²) in [7, 11) is 0. The third kappa shape index (κ3) is 2.93. The lowest BCUT2D eigenvalue weighted by molar-refractivity contribution is -0.384. The molecule has 1 aromatic carbocycles. The number of non-ortho nitro benzene ring substituents is 1. The first-order chi connectivity index (χ1) is 8.99. The van der Waals surface area contributed by atoms with Crippen LogP contribution in [-0.2, 0) is 0 Å². The van der Waals surface area contributed by atoms with Crippen molar-refractivity contribution < 1.29 is 9.72 Å². The van der Waals surface area contributed by atoms with Gasteiger partial charge in [0.2, 0.25) is 0 Å². The zero-order valence-electron chi connectivity index (χ0n) is 10.4. The van der Waals surface area contributed by atoms with E-state index in [-0.39, 0.29) is 16.6 Å². The van der Waals surface area contributed by atoms with E-state index in [2.05, 4.69) is 0 Å². The summed E-state index contributed by atoms with van der Waals surface area (Å²) in [5.74, 6) is -0.191. The van der Waals surface area contributed by atoms with E-state index in [4.69, 9.17) is 11.6 Å². The van der Waals surface area contributed by atoms with Crippen LogP contribution < -0.4 is 0 Å². The Labute approximate surface area is 115 Å². The molecule has 6 heteroatoms. The van der Waals surface area contributed by atoms with Crippen LogP contribution in [0.1, 0.15) is 23.7 Å². The highest BCUT2D eigenvalue weighted by Crippen LogP contribution is 2.24. The van der Waals surface area contributed by atoms with E-state index in [0.717, 1.165) is 6.42 Å². The minimum atomic E-state index is -0.535. The van der Waals surface area contributed by atoms with Crippen molar-refractivity contribution in [3.63, 3.8) is 0 Å². The van der Waals surface area contributed by atoms with Gasteiger partial charge in [-0.1, -0.05) is 23.3 Å². The number of rotatable bonds is 2. The molecule has 0 saturated heterocycles. The maximum Gasteiger partial charge on any atom is 0.270 e. The van der Waals surface area contributed by atoms with Gasteiger partial charge in [0.15, 0.2) is 0 Å². The summed E-state index contributed by atoms with van der Waals surface area (Å²) < 4.78 is 0. The molecule has 0 unspecified atom stereocenters. The monoisotopic (exact) mass is 280 g/mol. The number of benzene rings is 1. The van der Waals surface area contributed by atoms with Crippen LogP contribution in [0, 0.1) is 10.1 Å². The van der Waals surface area contributed by atoms with Gasteiger partial charge in [-0.15, -0.1) is 0 Å². The largest absolute Gasteiger partial charge is 0.335 e. The molecule has 0 fully saturated rings. The highest BCUT2D eigenvalue weighted by Gasteiger charge is 2.21. The number of carbonyl (C=O) groups is 1. The van der Waals surface area contributed by atoms with Crippen molar-refractivity contribution in [3.05, 3.63) is 50.5 Å². The maximum atomic E-state index is 12.3. The lowest BCUT2D eigenvalue weighted by atomic mass is 10.1. The van der Waals surface area contributed by atoms with Gasteiger partial charge in [-0.05, 0) is 19.4 Å². The van der Waals surface area contributed by atoms with Crippen LogP contribution in [0.5, 0.6) is 0 Å². The van der Waals surface area contributed by atoms with Crippen LogP contribution in [0.15, 0.2) is 29.8 Å². The van der Waals surface area contributed by atoms with Crippen molar-refractivity contribution in [1.29, 1.82) is 0 Å². The molecule has 0 atom stereocenters. The second kappa shape index (κ2) is 5.40. The number of halogens is 1. The lowest BCUT2D eigenvalue weighted by Crippen LogP contribution is -2.34. The fourth-order valence-electron chi connectivity index (χ4n) is 1.92. The van der Waals surface area contributed by atoms with Crippen molar-refractivity contribution in [1.82, 2.24) is 4.90 Å². The van der Waals surface area contributed by atoms with Crippen molar-refractivity contribution in [2.75, 3.05) is 13.1 Å². The molecule has 1 aromatic rings. The minimum Gasteiger partial charge on any atom is -0.335 e. The fraction of sp³-hybridized carbons (Fsp3) is 0.308. The normalized spacial score (nSPS) is 15.1. The number of hydrogen-bond acceptors (Lipinski definition) is 3. The fourth-order valence-corrected chi connectivity index (χ4v) is 2.17. The molecule has 0 N–H and O–H groups in total. The van der Waals surface area contributed by atoms with Crippen LogP contribution in [0.2, 0.25) is 5.02 Å². The number of nitrogens with zero attached hydrogens (tertiary/aromatic N) is 2. The van der Waals surface area contributed by atoms with Crippen LogP contribution in [0.25, 0.3) is 0 Å². The standard InChI is InChI=1S/C13H13ClN2O3/c1-9-4-6-15(7-5-9)13(17)11-3-2-10(16(18)19)8-12(11)14/h2-4,8H,5-7H2,1H3. The summed E-state index contributed by atoms with van der Waals surface area (Å²) in [6.45, 7) is 3.23. The molecule has 1 aliphatic rings. The Kier molecular flexibility index (Phi) is 3.85. The molecule has 100 valence electrons. The number of hydrogen-bond donors (Lipinski definition) is 0. The minimum absolute atomic E-state index is 0.115. The molecule has 1 amide bonds. The first kappa shape index (κ1) is 13.5. The second-order valence-corrected chi connectivity index (χ2v) is 4.88. The maximum absolute atomic E-state index is 12.3. The first-order valence-electron chi connectivity index (χ1n) is 5.88. The Hall–Kier alpha value is -1.88. The van der Waals surface area contributed by atoms with E-state index in [9.17, 15) is 14.9 Å². The molecular formula is C13H13ClN2O3. The summed E-state index contributed by atoms with van der Waals surface area (Å²) in [5, 5.41) is 10.7. The van der Waals surface area contributed by atoms with Gasteiger partial charge in [0, 0.05) is 25.2 Å². The van der Waals surface area contributed by atoms with Crippen molar-refractivity contribution in [2.24, 2.45) is 0 Å². The Morgan fingerprint density at radius 1 is 1.47 bits per heavy atom. The quantitative estimate of drug-likeness (QED) is 0.475. The van der Waals surface area contributed by atoms with Crippen molar-refractivity contribution in [2.45, 2.75) is 13.3 Å². The Morgan fingerprint density at radius 3 is 2.74 bits per heavy atom. The molecule has 0 bridgehead atoms. The predicted octanol–water partition coefficient (Wildman–Crippen LogP) is 3.04. The molecule has 0 aliphatic carbocycles. The van der Waals surface area contributed by atoms with E-state index in [0.29, 0.717) is 18.7 Å². The molecular weight excluding hydrogens is 268 g/mol. The summed E-state index contributed by atoms with van der Waals surface area (Å²) in [4.78, 5) is 24.0. The first-order valence-corrected chi connectivity index (χ1v) is 6.25. The third-order valence-electron chi connectivity index (χ3n) is 3.12. The zero-order valence-corrected chi connectivity index (χ0v) is 11.2. The van der Waals surface area contributed by atoms with E-state index in [1.54, 1.807) is 4.90 Å². The third-order valence-corrected chi connectivity index (χ3v) is 3.43. The second-order valence-electron chi connectivity index (χ2n) is 4.47. The SMILES string of the molecule is CC1=CCN(C(=O)c2ccc([N+](=O)[O-])cc2Cl)CC1. The Morgan fingerprint density at radius 2 is 2.21 bits per heavy atom. The highest BCUT2D eigenvalue weighted by molar-refractivity contribution is 6.34. The average Bonchev–Trinajstić information content (AvgIpc) is 2.38. The number of amides is 1. The van der Waals surface area contributed by atoms with E-state index < -0.39 is 4.92 Å². The van der Waals surface area contributed by atoms with E-state index >= 15 is 0 Å². The number of nitro groups is 1. The number of nitro benzene ring substituents is 1. The molecule has 19 heavy (non-hydrogen) atoms. The van der Waals surface area contributed by atoms with Gasteiger partial charge in [-0.3, -0.25) is 14.9 Å². The molecule has 2 rings (SSSR count). The van der Waals surface area contributed by atoms with Gasteiger partial charge in [-0.25, -0.2) is 0 Å². The Balaban J connectivity index is 2.22. The van der Waals surface area contributed by atoms with Gasteiger partial charge >= 0.3 is 0 Å². The van der Waals surface area contributed by atoms with Gasteiger partial charge in [0.1, 0.15) is 0 Å². The molecule has 1 heterocycles. The van der Waals surface area contributed by atoms with Crippen LogP contribution >= 0.6 is 11.6 Å². The van der Waals surface area contributed by atoms with Crippen molar-refractivity contribution >= 4 is 23.2 Å². The zero-order chi connectivity index (χ0) is 14.0.